The molecule has 1 heterocycles. The van der Waals surface area contributed by atoms with Crippen molar-refractivity contribution in [1.29, 1.82) is 0 Å². The quantitative estimate of drug-likeness (QED) is 0.885. The zero-order valence-corrected chi connectivity index (χ0v) is 10.5. The lowest BCUT2D eigenvalue weighted by Gasteiger charge is -2.25. The molecule has 0 saturated heterocycles. The minimum absolute atomic E-state index is 0.272. The van der Waals surface area contributed by atoms with E-state index in [0.717, 1.165) is 12.3 Å². The Balaban J connectivity index is 2.82. The summed E-state index contributed by atoms with van der Waals surface area (Å²) in [5.74, 6) is 0.819. The molecule has 3 nitrogen and oxygen atoms in total. The van der Waals surface area contributed by atoms with Gasteiger partial charge < -0.3 is 10.6 Å². The fourth-order valence-corrected chi connectivity index (χ4v) is 1.58. The first-order valence-corrected chi connectivity index (χ1v) is 5.86. The largest absolute Gasteiger partial charge is 0.417 e. The van der Waals surface area contributed by atoms with Gasteiger partial charge in [-0.15, -0.1) is 0 Å². The highest BCUT2D eigenvalue weighted by Crippen LogP contribution is 2.29. The van der Waals surface area contributed by atoms with Crippen molar-refractivity contribution in [2.45, 2.75) is 20.0 Å². The van der Waals surface area contributed by atoms with E-state index in [9.17, 15) is 13.2 Å². The molecule has 0 saturated carbocycles. The normalized spacial score (nSPS) is 13.4. The summed E-state index contributed by atoms with van der Waals surface area (Å²) in [6.45, 7) is 5.83. The van der Waals surface area contributed by atoms with Crippen LogP contribution in [0, 0.1) is 5.92 Å². The predicted octanol–water partition coefficient (Wildman–Crippen LogP) is 2.52. The van der Waals surface area contributed by atoms with E-state index in [2.05, 4.69) is 4.98 Å². The molecule has 1 rings (SSSR count). The van der Waals surface area contributed by atoms with E-state index in [1.54, 1.807) is 0 Å². The Kier molecular flexibility index (Phi) is 4.95. The Morgan fingerprint density at radius 1 is 1.39 bits per heavy atom. The van der Waals surface area contributed by atoms with Gasteiger partial charge in [-0.3, -0.25) is 0 Å². The third-order valence-electron chi connectivity index (χ3n) is 2.72. The highest BCUT2D eigenvalue weighted by molar-refractivity contribution is 5.39. The Hall–Kier alpha value is -1.30. The number of hydrogen-bond donors (Lipinski definition) is 1. The van der Waals surface area contributed by atoms with Crippen LogP contribution in [0.25, 0.3) is 0 Å². The van der Waals surface area contributed by atoms with Crippen LogP contribution in [0.4, 0.5) is 19.0 Å². The first-order chi connectivity index (χ1) is 8.38. The van der Waals surface area contributed by atoms with E-state index >= 15 is 0 Å². The monoisotopic (exact) mass is 261 g/mol. The van der Waals surface area contributed by atoms with Crippen molar-refractivity contribution >= 4 is 5.82 Å². The Morgan fingerprint density at radius 2 is 2.06 bits per heavy atom. The highest BCUT2D eigenvalue weighted by atomic mass is 19.4. The molecule has 2 N–H and O–H groups in total. The SMILES string of the molecule is CCN(CC(C)CN)c1ccc(C(F)(F)F)cn1. The smallest absolute Gasteiger partial charge is 0.357 e. The van der Waals surface area contributed by atoms with Crippen molar-refractivity contribution in [2.24, 2.45) is 11.7 Å². The van der Waals surface area contributed by atoms with Gasteiger partial charge in [-0.1, -0.05) is 6.92 Å². The average molecular weight is 261 g/mol. The third-order valence-corrected chi connectivity index (χ3v) is 2.72. The molecule has 1 unspecified atom stereocenters. The minimum atomic E-state index is -4.34. The topological polar surface area (TPSA) is 42.1 Å². The van der Waals surface area contributed by atoms with Gasteiger partial charge >= 0.3 is 6.18 Å². The summed E-state index contributed by atoms with van der Waals surface area (Å²) in [4.78, 5) is 5.78. The molecule has 0 aliphatic heterocycles. The zero-order chi connectivity index (χ0) is 13.8. The van der Waals surface area contributed by atoms with Crippen LogP contribution < -0.4 is 10.6 Å². The second-order valence-electron chi connectivity index (χ2n) is 4.28. The number of rotatable bonds is 5. The van der Waals surface area contributed by atoms with Crippen LogP contribution in [-0.2, 0) is 6.18 Å². The summed E-state index contributed by atoms with van der Waals surface area (Å²) in [5, 5.41) is 0. The maximum atomic E-state index is 12.4. The van der Waals surface area contributed by atoms with Crippen LogP contribution in [0.3, 0.4) is 0 Å². The number of alkyl halides is 3. The molecule has 0 aliphatic carbocycles. The molecule has 1 aromatic rings. The van der Waals surface area contributed by atoms with Crippen molar-refractivity contribution in [3.63, 3.8) is 0 Å². The summed E-state index contributed by atoms with van der Waals surface area (Å²) in [6.07, 6.45) is -3.47. The molecule has 0 radical (unpaired) electrons. The van der Waals surface area contributed by atoms with Crippen LogP contribution in [0.5, 0.6) is 0 Å². The average Bonchev–Trinajstić information content (AvgIpc) is 2.34. The van der Waals surface area contributed by atoms with Crippen LogP contribution >= 0.6 is 0 Å². The second-order valence-corrected chi connectivity index (χ2v) is 4.28. The minimum Gasteiger partial charge on any atom is -0.357 e. The van der Waals surface area contributed by atoms with Crippen LogP contribution in [0.15, 0.2) is 18.3 Å². The molecule has 102 valence electrons. The number of nitrogens with two attached hydrogens (primary N) is 1. The number of nitrogens with zero attached hydrogens (tertiary/aromatic N) is 2. The molecule has 0 spiro atoms. The van der Waals surface area contributed by atoms with Gasteiger partial charge in [0, 0.05) is 19.3 Å². The number of halogens is 3. The summed E-state index contributed by atoms with van der Waals surface area (Å²) in [6, 6.07) is 2.45. The van der Waals surface area contributed by atoms with E-state index in [4.69, 9.17) is 5.73 Å². The number of anilines is 1. The molecule has 0 amide bonds. The van der Waals surface area contributed by atoms with Gasteiger partial charge in [0.1, 0.15) is 5.82 Å². The highest BCUT2D eigenvalue weighted by Gasteiger charge is 2.30. The fourth-order valence-electron chi connectivity index (χ4n) is 1.58. The number of aromatic nitrogens is 1. The Morgan fingerprint density at radius 3 is 2.44 bits per heavy atom. The van der Waals surface area contributed by atoms with Gasteiger partial charge in [0.05, 0.1) is 5.56 Å². The third kappa shape index (κ3) is 3.87. The van der Waals surface area contributed by atoms with Gasteiger partial charge in [-0.25, -0.2) is 4.98 Å². The Bertz CT molecular complexity index is 362. The summed E-state index contributed by atoms with van der Waals surface area (Å²) in [7, 11) is 0. The summed E-state index contributed by atoms with van der Waals surface area (Å²) >= 11 is 0. The van der Waals surface area contributed by atoms with Crippen LogP contribution in [-0.4, -0.2) is 24.6 Å². The first-order valence-electron chi connectivity index (χ1n) is 5.86. The van der Waals surface area contributed by atoms with Gasteiger partial charge in [-0.05, 0) is 31.5 Å². The summed E-state index contributed by atoms with van der Waals surface area (Å²) < 4.78 is 37.2. The number of hydrogen-bond acceptors (Lipinski definition) is 3. The predicted molar refractivity (Wildman–Crippen MR) is 65.3 cm³/mol. The first kappa shape index (κ1) is 14.8. The van der Waals surface area contributed by atoms with E-state index < -0.39 is 11.7 Å². The van der Waals surface area contributed by atoms with Crippen LogP contribution in [0.1, 0.15) is 19.4 Å². The molecular formula is C12H18F3N3. The maximum Gasteiger partial charge on any atom is 0.417 e. The molecule has 1 atom stereocenters. The molecular weight excluding hydrogens is 243 g/mol. The summed E-state index contributed by atoms with van der Waals surface area (Å²) in [5.41, 5.74) is 4.81. The van der Waals surface area contributed by atoms with Crippen molar-refractivity contribution in [3.05, 3.63) is 23.9 Å². The number of pyridine rings is 1. The van der Waals surface area contributed by atoms with E-state index in [1.807, 2.05) is 18.7 Å². The van der Waals surface area contributed by atoms with Crippen LogP contribution in [0.2, 0.25) is 0 Å². The van der Waals surface area contributed by atoms with Gasteiger partial charge in [-0.2, -0.15) is 13.2 Å². The lowest BCUT2D eigenvalue weighted by Crippen LogP contribution is -2.32. The maximum absolute atomic E-state index is 12.4. The van der Waals surface area contributed by atoms with Crippen molar-refractivity contribution in [2.75, 3.05) is 24.5 Å². The van der Waals surface area contributed by atoms with Crippen molar-refractivity contribution < 1.29 is 13.2 Å². The van der Waals surface area contributed by atoms with Crippen molar-refractivity contribution in [1.82, 2.24) is 4.98 Å². The standard InChI is InChI=1S/C12H18F3N3/c1-3-18(8-9(2)6-16)11-5-4-10(7-17-11)12(13,14)15/h4-5,7,9H,3,6,8,16H2,1-2H3. The molecule has 6 heteroatoms. The second kappa shape index (κ2) is 6.04. The molecule has 0 bridgehead atoms. The lowest BCUT2D eigenvalue weighted by molar-refractivity contribution is -0.137. The molecule has 0 aromatic carbocycles. The molecule has 0 aliphatic rings. The zero-order valence-electron chi connectivity index (χ0n) is 10.5. The molecule has 1 aromatic heterocycles. The molecule has 18 heavy (non-hydrogen) atoms. The van der Waals surface area contributed by atoms with E-state index in [-0.39, 0.29) is 5.92 Å². The van der Waals surface area contributed by atoms with Gasteiger partial charge in [0.15, 0.2) is 0 Å². The van der Waals surface area contributed by atoms with E-state index in [1.165, 1.54) is 6.07 Å². The lowest BCUT2D eigenvalue weighted by atomic mass is 10.1. The Labute approximate surface area is 105 Å². The van der Waals surface area contributed by atoms with Gasteiger partial charge in [0.25, 0.3) is 0 Å². The van der Waals surface area contributed by atoms with Crippen molar-refractivity contribution in [3.8, 4) is 0 Å². The van der Waals surface area contributed by atoms with Gasteiger partial charge in [0.2, 0.25) is 0 Å². The van der Waals surface area contributed by atoms with E-state index in [0.29, 0.717) is 25.5 Å². The molecule has 0 fully saturated rings. The fraction of sp³-hybridized carbons (Fsp3) is 0.583.